The first kappa shape index (κ1) is 17.5. The number of nitrogens with one attached hydrogen (secondary N) is 1. The van der Waals surface area contributed by atoms with Crippen LogP contribution in [0.15, 0.2) is 29.4 Å². The lowest BCUT2D eigenvalue weighted by molar-refractivity contribution is -0.115. The highest BCUT2D eigenvalue weighted by molar-refractivity contribution is 8.00. The third-order valence-corrected chi connectivity index (χ3v) is 5.17. The minimum Gasteiger partial charge on any atom is -0.366 e. The zero-order valence-electron chi connectivity index (χ0n) is 14.2. The van der Waals surface area contributed by atoms with Gasteiger partial charge in [0.2, 0.25) is 11.8 Å². The fourth-order valence-electron chi connectivity index (χ4n) is 2.50. The fraction of sp³-hybridized carbons (Fsp3) is 0.412. The van der Waals surface area contributed by atoms with Gasteiger partial charge < -0.3 is 15.6 Å². The number of primary amides is 1. The number of carbonyl (C=O) groups is 2. The Bertz CT molecular complexity index is 783. The zero-order valence-corrected chi connectivity index (χ0v) is 15.0. The number of amides is 2. The Morgan fingerprint density at radius 3 is 2.56 bits per heavy atom. The standard InChI is InChI=1S/C17H21N5O2S/c1-3-22-15(12-4-5-12)20-21-17(22)25-10(2)16(24)19-13-8-6-11(7-9-13)14(18)23/h6-10,12H,3-5H2,1-2H3,(H2,18,23)(H,19,24)/t10-/m0/s1. The molecule has 1 aromatic carbocycles. The summed E-state index contributed by atoms with van der Waals surface area (Å²) in [5.41, 5.74) is 6.24. The van der Waals surface area contributed by atoms with Crippen molar-refractivity contribution < 1.29 is 9.59 Å². The van der Waals surface area contributed by atoms with Crippen LogP contribution in [0.1, 0.15) is 48.8 Å². The quantitative estimate of drug-likeness (QED) is 0.739. The Hall–Kier alpha value is -2.35. The number of hydrogen-bond donors (Lipinski definition) is 2. The van der Waals surface area contributed by atoms with Gasteiger partial charge in [-0.2, -0.15) is 0 Å². The van der Waals surface area contributed by atoms with Crippen molar-refractivity contribution >= 4 is 29.3 Å². The van der Waals surface area contributed by atoms with E-state index in [4.69, 9.17) is 5.73 Å². The van der Waals surface area contributed by atoms with Gasteiger partial charge in [-0.25, -0.2) is 0 Å². The Morgan fingerprint density at radius 1 is 1.32 bits per heavy atom. The van der Waals surface area contributed by atoms with Gasteiger partial charge in [-0.05, 0) is 51.0 Å². The monoisotopic (exact) mass is 359 g/mol. The molecular formula is C17H21N5O2S. The van der Waals surface area contributed by atoms with E-state index in [2.05, 4.69) is 27.0 Å². The Morgan fingerprint density at radius 2 is 2.00 bits per heavy atom. The Kier molecular flexibility index (Phi) is 5.08. The van der Waals surface area contributed by atoms with E-state index in [9.17, 15) is 9.59 Å². The Labute approximate surface area is 150 Å². The van der Waals surface area contributed by atoms with Gasteiger partial charge in [0.15, 0.2) is 5.16 Å². The number of carbonyl (C=O) groups excluding carboxylic acids is 2. The lowest BCUT2D eigenvalue weighted by atomic mass is 10.2. The van der Waals surface area contributed by atoms with Crippen molar-refractivity contribution in [3.05, 3.63) is 35.7 Å². The Balaban J connectivity index is 1.63. The molecule has 3 N–H and O–H groups in total. The average molecular weight is 359 g/mol. The van der Waals surface area contributed by atoms with Gasteiger partial charge in [-0.3, -0.25) is 9.59 Å². The van der Waals surface area contributed by atoms with Crippen LogP contribution in [0, 0.1) is 0 Å². The van der Waals surface area contributed by atoms with Crippen LogP contribution in [0.5, 0.6) is 0 Å². The molecule has 3 rings (SSSR count). The van der Waals surface area contributed by atoms with E-state index in [1.807, 2.05) is 6.92 Å². The predicted octanol–water partition coefficient (Wildman–Crippen LogP) is 2.39. The van der Waals surface area contributed by atoms with E-state index in [0.29, 0.717) is 17.2 Å². The molecule has 1 aliphatic rings. The third kappa shape index (κ3) is 4.01. The second kappa shape index (κ2) is 7.26. The van der Waals surface area contributed by atoms with Crippen LogP contribution in [0.3, 0.4) is 0 Å². The molecule has 7 nitrogen and oxygen atoms in total. The third-order valence-electron chi connectivity index (χ3n) is 4.09. The maximum Gasteiger partial charge on any atom is 0.248 e. The molecule has 2 amide bonds. The largest absolute Gasteiger partial charge is 0.366 e. The number of nitrogens with two attached hydrogens (primary N) is 1. The molecule has 1 aliphatic carbocycles. The predicted molar refractivity (Wildman–Crippen MR) is 96.6 cm³/mol. The van der Waals surface area contributed by atoms with Crippen molar-refractivity contribution in [2.75, 3.05) is 5.32 Å². The van der Waals surface area contributed by atoms with Crippen LogP contribution >= 0.6 is 11.8 Å². The summed E-state index contributed by atoms with van der Waals surface area (Å²) in [5, 5.41) is 11.8. The minimum absolute atomic E-state index is 0.129. The summed E-state index contributed by atoms with van der Waals surface area (Å²) in [5.74, 6) is 0.928. The van der Waals surface area contributed by atoms with Crippen LogP contribution in [0.4, 0.5) is 5.69 Å². The first-order chi connectivity index (χ1) is 12.0. The van der Waals surface area contributed by atoms with Crippen LogP contribution in [0.2, 0.25) is 0 Å². The number of rotatable bonds is 7. The van der Waals surface area contributed by atoms with E-state index in [-0.39, 0.29) is 11.2 Å². The molecule has 0 radical (unpaired) electrons. The number of aromatic nitrogens is 3. The molecule has 1 saturated carbocycles. The van der Waals surface area contributed by atoms with E-state index in [1.165, 1.54) is 24.6 Å². The van der Waals surface area contributed by atoms with Crippen LogP contribution < -0.4 is 11.1 Å². The summed E-state index contributed by atoms with van der Waals surface area (Å²) in [6, 6.07) is 6.50. The van der Waals surface area contributed by atoms with Gasteiger partial charge in [0.05, 0.1) is 5.25 Å². The SMILES string of the molecule is CCn1c(S[C@@H](C)C(=O)Nc2ccc(C(N)=O)cc2)nnc1C1CC1. The summed E-state index contributed by atoms with van der Waals surface area (Å²) < 4.78 is 2.09. The topological polar surface area (TPSA) is 103 Å². The fourth-order valence-corrected chi connectivity index (χ4v) is 3.42. The molecule has 0 bridgehead atoms. The summed E-state index contributed by atoms with van der Waals surface area (Å²) in [6.07, 6.45) is 2.33. The second-order valence-electron chi connectivity index (χ2n) is 6.05. The molecule has 8 heteroatoms. The van der Waals surface area contributed by atoms with Crippen LogP contribution in [0.25, 0.3) is 0 Å². The van der Waals surface area contributed by atoms with Crippen molar-refractivity contribution in [3.8, 4) is 0 Å². The molecule has 0 saturated heterocycles. The van der Waals surface area contributed by atoms with E-state index in [0.717, 1.165) is 17.5 Å². The van der Waals surface area contributed by atoms with Gasteiger partial charge in [0, 0.05) is 23.7 Å². The van der Waals surface area contributed by atoms with E-state index in [1.54, 1.807) is 24.3 Å². The maximum atomic E-state index is 12.4. The number of anilines is 1. The van der Waals surface area contributed by atoms with Gasteiger partial charge in [-0.1, -0.05) is 11.8 Å². The molecule has 1 heterocycles. The van der Waals surface area contributed by atoms with Crippen LogP contribution in [-0.2, 0) is 11.3 Å². The number of benzene rings is 1. The number of thioether (sulfide) groups is 1. The molecule has 132 valence electrons. The average Bonchev–Trinajstić information content (AvgIpc) is 3.36. The highest BCUT2D eigenvalue weighted by Gasteiger charge is 2.30. The van der Waals surface area contributed by atoms with Crippen molar-refractivity contribution in [1.29, 1.82) is 0 Å². The number of hydrogen-bond acceptors (Lipinski definition) is 5. The second-order valence-corrected chi connectivity index (χ2v) is 7.36. The summed E-state index contributed by atoms with van der Waals surface area (Å²) >= 11 is 1.40. The molecular weight excluding hydrogens is 338 g/mol. The van der Waals surface area contributed by atoms with Crippen molar-refractivity contribution in [2.45, 2.75) is 49.6 Å². The summed E-state index contributed by atoms with van der Waals surface area (Å²) in [7, 11) is 0. The van der Waals surface area contributed by atoms with E-state index >= 15 is 0 Å². The highest BCUT2D eigenvalue weighted by Crippen LogP contribution is 2.40. The lowest BCUT2D eigenvalue weighted by Gasteiger charge is -2.13. The summed E-state index contributed by atoms with van der Waals surface area (Å²) in [6.45, 7) is 4.69. The normalized spacial score (nSPS) is 15.0. The van der Waals surface area contributed by atoms with Gasteiger partial charge in [0.25, 0.3) is 0 Å². The molecule has 1 fully saturated rings. The van der Waals surface area contributed by atoms with Gasteiger partial charge >= 0.3 is 0 Å². The van der Waals surface area contributed by atoms with Gasteiger partial charge in [-0.15, -0.1) is 10.2 Å². The molecule has 25 heavy (non-hydrogen) atoms. The molecule has 0 spiro atoms. The van der Waals surface area contributed by atoms with E-state index < -0.39 is 5.91 Å². The number of nitrogens with zero attached hydrogens (tertiary/aromatic N) is 3. The van der Waals surface area contributed by atoms with Crippen molar-refractivity contribution in [1.82, 2.24) is 14.8 Å². The molecule has 0 unspecified atom stereocenters. The lowest BCUT2D eigenvalue weighted by Crippen LogP contribution is -2.23. The summed E-state index contributed by atoms with van der Waals surface area (Å²) in [4.78, 5) is 23.5. The van der Waals surface area contributed by atoms with Crippen LogP contribution in [-0.4, -0.2) is 31.8 Å². The van der Waals surface area contributed by atoms with Crippen molar-refractivity contribution in [3.63, 3.8) is 0 Å². The maximum absolute atomic E-state index is 12.4. The molecule has 1 aromatic heterocycles. The van der Waals surface area contributed by atoms with Crippen molar-refractivity contribution in [2.24, 2.45) is 5.73 Å². The first-order valence-corrected chi connectivity index (χ1v) is 9.18. The zero-order chi connectivity index (χ0) is 18.0. The molecule has 0 aliphatic heterocycles. The first-order valence-electron chi connectivity index (χ1n) is 8.30. The molecule has 2 aromatic rings. The smallest absolute Gasteiger partial charge is 0.248 e. The van der Waals surface area contributed by atoms with Gasteiger partial charge in [0.1, 0.15) is 5.82 Å². The minimum atomic E-state index is -0.493. The highest BCUT2D eigenvalue weighted by atomic mass is 32.2. The molecule has 1 atom stereocenters.